The van der Waals surface area contributed by atoms with Gasteiger partial charge in [0.2, 0.25) is 5.28 Å². The number of anilines is 1. The highest BCUT2D eigenvalue weighted by molar-refractivity contribution is 6.28. The molecule has 2 amide bonds. The van der Waals surface area contributed by atoms with Crippen molar-refractivity contribution < 1.29 is 27.8 Å². The first-order chi connectivity index (χ1) is 25.7. The van der Waals surface area contributed by atoms with Gasteiger partial charge in [0.15, 0.2) is 0 Å². The van der Waals surface area contributed by atoms with Crippen LogP contribution in [0.25, 0.3) is 11.3 Å². The van der Waals surface area contributed by atoms with Crippen LogP contribution >= 0.6 is 11.6 Å². The summed E-state index contributed by atoms with van der Waals surface area (Å²) in [5.41, 5.74) is 6.55. The number of amides is 2. The van der Waals surface area contributed by atoms with Gasteiger partial charge in [-0.05, 0) is 70.6 Å². The van der Waals surface area contributed by atoms with Crippen molar-refractivity contribution >= 4 is 29.1 Å². The second kappa shape index (κ2) is 17.4. The minimum Gasteiger partial charge on any atom is -0.489 e. The van der Waals surface area contributed by atoms with Gasteiger partial charge >= 0.3 is 6.43 Å². The SMILES string of the molecule is Cc1cnc(Cl)nc1-c1ccc(N(Cc2ccc(CNC(=O)C(F)F)cc2)C(=O)c2ccc(OCc3ccccc3)cc2OCc2ccccc2)cc1. The molecule has 5 aromatic carbocycles. The van der Waals surface area contributed by atoms with Crippen LogP contribution < -0.4 is 19.7 Å². The van der Waals surface area contributed by atoms with Crippen molar-refractivity contribution in [2.45, 2.75) is 39.7 Å². The van der Waals surface area contributed by atoms with Gasteiger partial charge in [-0.25, -0.2) is 9.97 Å². The maximum atomic E-state index is 14.7. The summed E-state index contributed by atoms with van der Waals surface area (Å²) >= 11 is 6.10. The second-order valence-electron chi connectivity index (χ2n) is 12.2. The molecule has 0 aliphatic carbocycles. The highest BCUT2D eigenvalue weighted by Gasteiger charge is 2.24. The van der Waals surface area contributed by atoms with E-state index in [1.165, 1.54) is 0 Å². The molecule has 8 nitrogen and oxygen atoms in total. The molecule has 1 heterocycles. The van der Waals surface area contributed by atoms with Gasteiger partial charge in [0.05, 0.1) is 17.8 Å². The van der Waals surface area contributed by atoms with Crippen LogP contribution in [0.15, 0.2) is 134 Å². The Labute approximate surface area is 311 Å². The minimum absolute atomic E-state index is 0.0547. The molecule has 53 heavy (non-hydrogen) atoms. The van der Waals surface area contributed by atoms with E-state index in [0.29, 0.717) is 40.6 Å². The maximum Gasteiger partial charge on any atom is 0.315 e. The Kier molecular flexibility index (Phi) is 12.0. The normalized spacial score (nSPS) is 10.9. The average Bonchev–Trinajstić information content (AvgIpc) is 3.19. The second-order valence-corrected chi connectivity index (χ2v) is 12.5. The van der Waals surface area contributed by atoms with E-state index in [1.54, 1.807) is 53.6 Å². The highest BCUT2D eigenvalue weighted by atomic mass is 35.5. The number of nitrogens with zero attached hydrogens (tertiary/aromatic N) is 3. The summed E-state index contributed by atoms with van der Waals surface area (Å²) in [5.74, 6) is -0.777. The van der Waals surface area contributed by atoms with Gasteiger partial charge in [-0.1, -0.05) is 97.1 Å². The van der Waals surface area contributed by atoms with Crippen LogP contribution in [-0.2, 0) is 31.1 Å². The number of aromatic nitrogens is 2. The topological polar surface area (TPSA) is 93.7 Å². The number of halogens is 3. The number of hydrogen-bond acceptors (Lipinski definition) is 6. The molecule has 0 saturated heterocycles. The molecule has 268 valence electrons. The first-order valence-electron chi connectivity index (χ1n) is 16.8. The molecule has 0 aliphatic rings. The Hall–Kier alpha value is -6.13. The molecule has 0 aliphatic heterocycles. The highest BCUT2D eigenvalue weighted by Crippen LogP contribution is 2.32. The van der Waals surface area contributed by atoms with Crippen molar-refractivity contribution in [1.82, 2.24) is 15.3 Å². The summed E-state index contributed by atoms with van der Waals surface area (Å²) < 4.78 is 37.8. The number of hydrogen-bond donors (Lipinski definition) is 1. The zero-order valence-electron chi connectivity index (χ0n) is 28.7. The van der Waals surface area contributed by atoms with Crippen LogP contribution in [0, 0.1) is 6.92 Å². The predicted octanol–water partition coefficient (Wildman–Crippen LogP) is 8.99. The van der Waals surface area contributed by atoms with E-state index in [-0.39, 0.29) is 30.9 Å². The third-order valence-corrected chi connectivity index (χ3v) is 8.52. The first kappa shape index (κ1) is 36.7. The number of rotatable bonds is 14. The number of aryl methyl sites for hydroxylation is 1. The molecule has 0 atom stereocenters. The molecule has 0 fully saturated rings. The minimum atomic E-state index is -3.10. The summed E-state index contributed by atoms with van der Waals surface area (Å²) in [6, 6.07) is 39.0. The van der Waals surface area contributed by atoms with Gasteiger partial charge in [-0.3, -0.25) is 9.59 Å². The number of ether oxygens (including phenoxy) is 2. The van der Waals surface area contributed by atoms with Crippen LogP contribution in [0.4, 0.5) is 14.5 Å². The fourth-order valence-corrected chi connectivity index (χ4v) is 5.65. The summed E-state index contributed by atoms with van der Waals surface area (Å²) in [6.45, 7) is 2.56. The average molecular weight is 733 g/mol. The third-order valence-electron chi connectivity index (χ3n) is 8.34. The summed E-state index contributed by atoms with van der Waals surface area (Å²) in [4.78, 5) is 36.1. The Bertz CT molecular complexity index is 2150. The quantitative estimate of drug-likeness (QED) is 0.112. The maximum absolute atomic E-state index is 14.7. The lowest BCUT2D eigenvalue weighted by Gasteiger charge is -2.25. The Morgan fingerprint density at radius 1 is 0.774 bits per heavy atom. The van der Waals surface area contributed by atoms with Crippen LogP contribution in [0.3, 0.4) is 0 Å². The standard InChI is InChI=1S/C42H35ClF2N4O4/c1-28-23-47-42(43)48-38(28)33-16-18-34(19-17-33)49(25-30-14-12-29(13-15-30)24-46-40(50)39(44)45)41(51)36-21-20-35(52-26-31-8-4-2-5-9-31)22-37(36)53-27-32-10-6-3-7-11-32/h2-23,39H,24-27H2,1H3,(H,46,50). The van der Waals surface area contributed by atoms with E-state index in [0.717, 1.165) is 27.8 Å². The summed E-state index contributed by atoms with van der Waals surface area (Å²) in [6.07, 6.45) is -1.44. The van der Waals surface area contributed by atoms with Gasteiger partial charge in [0.25, 0.3) is 11.8 Å². The molecule has 0 radical (unpaired) electrons. The summed E-state index contributed by atoms with van der Waals surface area (Å²) in [5, 5.41) is 2.34. The molecule has 11 heteroatoms. The van der Waals surface area contributed by atoms with Crippen molar-refractivity contribution in [3.8, 4) is 22.8 Å². The number of benzene rings is 5. The van der Waals surface area contributed by atoms with Crippen LogP contribution in [0.2, 0.25) is 5.28 Å². The smallest absolute Gasteiger partial charge is 0.315 e. The van der Waals surface area contributed by atoms with Gasteiger partial charge in [0, 0.05) is 30.1 Å². The molecule has 1 aromatic heterocycles. The first-order valence-corrected chi connectivity index (χ1v) is 17.1. The molecule has 0 bridgehead atoms. The Morgan fingerprint density at radius 3 is 2.04 bits per heavy atom. The molecular formula is C42H35ClF2N4O4. The molecule has 0 unspecified atom stereocenters. The fraction of sp³-hybridized carbons (Fsp3) is 0.143. The lowest BCUT2D eigenvalue weighted by atomic mass is 10.1. The van der Waals surface area contributed by atoms with E-state index in [9.17, 15) is 18.4 Å². The van der Waals surface area contributed by atoms with E-state index in [1.807, 2.05) is 91.9 Å². The van der Waals surface area contributed by atoms with Crippen molar-refractivity contribution in [2.75, 3.05) is 4.90 Å². The van der Waals surface area contributed by atoms with Crippen molar-refractivity contribution in [2.24, 2.45) is 0 Å². The number of alkyl halides is 2. The van der Waals surface area contributed by atoms with Gasteiger partial charge in [-0.2, -0.15) is 8.78 Å². The Morgan fingerprint density at radius 2 is 1.40 bits per heavy atom. The van der Waals surface area contributed by atoms with Crippen molar-refractivity contribution in [3.05, 3.63) is 172 Å². The third kappa shape index (κ3) is 9.81. The lowest BCUT2D eigenvalue weighted by molar-refractivity contribution is -0.131. The number of nitrogens with one attached hydrogen (secondary N) is 1. The van der Waals surface area contributed by atoms with E-state index in [2.05, 4.69) is 15.3 Å². The fourth-order valence-electron chi connectivity index (χ4n) is 5.51. The molecule has 1 N–H and O–H groups in total. The van der Waals surface area contributed by atoms with Crippen molar-refractivity contribution in [3.63, 3.8) is 0 Å². The van der Waals surface area contributed by atoms with E-state index in [4.69, 9.17) is 21.1 Å². The Balaban J connectivity index is 1.32. The lowest BCUT2D eigenvalue weighted by Crippen LogP contribution is -2.31. The molecule has 6 aromatic rings. The van der Waals surface area contributed by atoms with E-state index >= 15 is 0 Å². The van der Waals surface area contributed by atoms with Crippen LogP contribution in [0.1, 0.15) is 38.2 Å². The van der Waals surface area contributed by atoms with Crippen LogP contribution in [0.5, 0.6) is 11.5 Å². The predicted molar refractivity (Wildman–Crippen MR) is 200 cm³/mol. The van der Waals surface area contributed by atoms with Crippen LogP contribution in [-0.4, -0.2) is 28.2 Å². The summed E-state index contributed by atoms with van der Waals surface area (Å²) in [7, 11) is 0. The van der Waals surface area contributed by atoms with Crippen molar-refractivity contribution in [1.29, 1.82) is 0 Å². The molecule has 6 rings (SSSR count). The number of carbonyl (C=O) groups excluding carboxylic acids is 2. The largest absolute Gasteiger partial charge is 0.489 e. The molecule has 0 saturated carbocycles. The molecule has 0 spiro atoms. The number of carbonyl (C=O) groups is 2. The zero-order chi connectivity index (χ0) is 37.2. The van der Waals surface area contributed by atoms with Gasteiger partial charge < -0.3 is 19.7 Å². The van der Waals surface area contributed by atoms with Gasteiger partial charge in [0.1, 0.15) is 24.7 Å². The zero-order valence-corrected chi connectivity index (χ0v) is 29.5. The van der Waals surface area contributed by atoms with Gasteiger partial charge in [-0.15, -0.1) is 0 Å². The molecular weight excluding hydrogens is 698 g/mol. The monoisotopic (exact) mass is 732 g/mol. The van der Waals surface area contributed by atoms with E-state index < -0.39 is 12.3 Å².